The molecule has 0 fully saturated rings. The van der Waals surface area contributed by atoms with E-state index in [1.54, 1.807) is 0 Å². The molecular formula is C20H26IO3P. The van der Waals surface area contributed by atoms with Gasteiger partial charge >= 0.3 is 8.60 Å². The number of halogens is 1. The minimum absolute atomic E-state index is 0.0813. The van der Waals surface area contributed by atoms with Gasteiger partial charge in [0.15, 0.2) is 0 Å². The van der Waals surface area contributed by atoms with Gasteiger partial charge in [-0.15, -0.1) is 0 Å². The number of para-hydroxylation sites is 2. The van der Waals surface area contributed by atoms with Crippen LogP contribution in [-0.4, -0.2) is 4.11 Å². The van der Waals surface area contributed by atoms with Crippen molar-refractivity contribution in [3.8, 4) is 11.5 Å². The number of hydrogen-bond donors (Lipinski definition) is 0. The summed E-state index contributed by atoms with van der Waals surface area (Å²) in [5, 5.41) is 0. The molecule has 0 amide bonds. The Labute approximate surface area is 166 Å². The molecule has 0 aromatic heterocycles. The summed E-state index contributed by atoms with van der Waals surface area (Å²) in [5.41, 5.74) is 0. The summed E-state index contributed by atoms with van der Waals surface area (Å²) in [4.78, 5) is 0. The van der Waals surface area contributed by atoms with Gasteiger partial charge in [0.25, 0.3) is 0 Å². The van der Waals surface area contributed by atoms with Gasteiger partial charge in [0.05, 0.1) is 0 Å². The lowest BCUT2D eigenvalue weighted by Gasteiger charge is -2.20. The highest BCUT2D eigenvalue weighted by Crippen LogP contribution is 2.44. The van der Waals surface area contributed by atoms with Crippen LogP contribution in [0.3, 0.4) is 0 Å². The van der Waals surface area contributed by atoms with Gasteiger partial charge in [0.2, 0.25) is 0 Å². The van der Waals surface area contributed by atoms with Crippen LogP contribution in [0, 0.1) is 0 Å². The first kappa shape index (κ1) is 20.5. The molecule has 25 heavy (non-hydrogen) atoms. The van der Waals surface area contributed by atoms with Gasteiger partial charge in [0.1, 0.15) is 15.6 Å². The maximum Gasteiger partial charge on any atom is 0.464 e. The molecule has 2 rings (SSSR count). The smallest absolute Gasteiger partial charge is 0.418 e. The number of rotatable bonds is 12. The van der Waals surface area contributed by atoms with Crippen molar-refractivity contribution in [1.82, 2.24) is 0 Å². The summed E-state index contributed by atoms with van der Waals surface area (Å²) in [5.74, 6) is 1.52. The summed E-state index contributed by atoms with van der Waals surface area (Å²) in [7, 11) is -1.49. The van der Waals surface area contributed by atoms with E-state index < -0.39 is 8.60 Å². The van der Waals surface area contributed by atoms with Gasteiger partial charge in [0, 0.05) is 0 Å². The molecule has 0 N–H and O–H groups in total. The first-order chi connectivity index (χ1) is 12.3. The fourth-order valence-electron chi connectivity index (χ4n) is 2.25. The van der Waals surface area contributed by atoms with E-state index in [1.165, 1.54) is 32.1 Å². The zero-order valence-electron chi connectivity index (χ0n) is 14.6. The van der Waals surface area contributed by atoms with Crippen molar-refractivity contribution in [2.45, 2.75) is 49.6 Å². The van der Waals surface area contributed by atoms with Crippen LogP contribution in [0.25, 0.3) is 0 Å². The molecule has 2 aromatic carbocycles. The van der Waals surface area contributed by atoms with Crippen LogP contribution >= 0.6 is 31.2 Å². The summed E-state index contributed by atoms with van der Waals surface area (Å²) in [6.45, 7) is 2.24. The molecule has 0 bridgehead atoms. The Morgan fingerprint density at radius 3 is 1.84 bits per heavy atom. The Hall–Kier alpha value is -0.840. The molecule has 0 aliphatic rings. The molecule has 1 unspecified atom stereocenters. The van der Waals surface area contributed by atoms with E-state index in [1.807, 2.05) is 60.7 Å². The molecule has 136 valence electrons. The highest BCUT2D eigenvalue weighted by atomic mass is 127. The maximum atomic E-state index is 6.07. The second kappa shape index (κ2) is 12.5. The van der Waals surface area contributed by atoms with E-state index in [2.05, 4.69) is 29.5 Å². The molecule has 0 saturated carbocycles. The second-order valence-corrected chi connectivity index (χ2v) is 8.16. The van der Waals surface area contributed by atoms with Crippen molar-refractivity contribution >= 4 is 31.2 Å². The van der Waals surface area contributed by atoms with Crippen LogP contribution in [-0.2, 0) is 4.52 Å². The van der Waals surface area contributed by atoms with E-state index in [0.29, 0.717) is 0 Å². The average molecular weight is 472 g/mol. The van der Waals surface area contributed by atoms with Gasteiger partial charge in [-0.2, -0.15) is 0 Å². The normalized spacial score (nSPS) is 12.1. The number of unbranched alkanes of at least 4 members (excludes halogenated alkanes) is 4. The third-order valence-corrected chi connectivity index (χ3v) is 6.01. The largest absolute Gasteiger partial charge is 0.464 e. The van der Waals surface area contributed by atoms with Gasteiger partial charge < -0.3 is 9.05 Å². The zero-order valence-corrected chi connectivity index (χ0v) is 17.7. The second-order valence-electron chi connectivity index (χ2n) is 5.75. The first-order valence-corrected chi connectivity index (χ1v) is 11.2. The van der Waals surface area contributed by atoms with E-state index >= 15 is 0 Å². The van der Waals surface area contributed by atoms with E-state index in [0.717, 1.165) is 17.9 Å². The van der Waals surface area contributed by atoms with Crippen molar-refractivity contribution in [2.75, 3.05) is 0 Å². The van der Waals surface area contributed by atoms with Crippen molar-refractivity contribution in [2.24, 2.45) is 0 Å². The monoisotopic (exact) mass is 472 g/mol. The molecule has 0 saturated heterocycles. The molecule has 2 aromatic rings. The fourth-order valence-corrected chi connectivity index (χ4v) is 4.25. The Kier molecular flexibility index (Phi) is 10.2. The molecule has 0 heterocycles. The third-order valence-electron chi connectivity index (χ3n) is 3.58. The molecule has 3 nitrogen and oxygen atoms in total. The SMILES string of the molecule is CCCCCCCC(I)OP(Oc1ccccc1)Oc1ccccc1. The summed E-state index contributed by atoms with van der Waals surface area (Å²) in [6, 6.07) is 19.4. The molecule has 0 radical (unpaired) electrons. The minimum Gasteiger partial charge on any atom is -0.418 e. The number of hydrogen-bond acceptors (Lipinski definition) is 3. The Morgan fingerprint density at radius 2 is 1.32 bits per heavy atom. The Bertz CT molecular complexity index is 526. The van der Waals surface area contributed by atoms with Crippen molar-refractivity contribution in [3.05, 3.63) is 60.7 Å². The molecule has 5 heteroatoms. The van der Waals surface area contributed by atoms with Crippen molar-refractivity contribution in [1.29, 1.82) is 0 Å². The lowest BCUT2D eigenvalue weighted by molar-refractivity contribution is 0.245. The van der Waals surface area contributed by atoms with Crippen LogP contribution in [0.2, 0.25) is 0 Å². The van der Waals surface area contributed by atoms with Crippen LogP contribution in [0.5, 0.6) is 11.5 Å². The number of benzene rings is 2. The predicted octanol–water partition coefficient (Wildman–Crippen LogP) is 7.51. The van der Waals surface area contributed by atoms with Crippen LogP contribution in [0.4, 0.5) is 0 Å². The molecule has 1 atom stereocenters. The van der Waals surface area contributed by atoms with E-state index in [4.69, 9.17) is 13.6 Å². The zero-order chi connectivity index (χ0) is 17.7. The molecule has 0 aliphatic carbocycles. The molecule has 0 aliphatic heterocycles. The van der Waals surface area contributed by atoms with Crippen molar-refractivity contribution in [3.63, 3.8) is 0 Å². The third kappa shape index (κ3) is 8.89. The average Bonchev–Trinajstić information content (AvgIpc) is 2.63. The Morgan fingerprint density at radius 1 is 0.800 bits per heavy atom. The maximum absolute atomic E-state index is 6.07. The quantitative estimate of drug-likeness (QED) is 0.139. The van der Waals surface area contributed by atoms with Gasteiger partial charge in [-0.1, -0.05) is 98.0 Å². The lowest BCUT2D eigenvalue weighted by Crippen LogP contribution is -2.07. The standard InChI is InChI=1S/C20H26IO3P/c1-2-3-4-5-12-17-20(21)24-25(22-18-13-8-6-9-14-18)23-19-15-10-7-11-16-19/h6-11,13-16,20H,2-5,12,17H2,1H3. The minimum atomic E-state index is -1.49. The predicted molar refractivity (Wildman–Crippen MR) is 113 cm³/mol. The van der Waals surface area contributed by atoms with Gasteiger partial charge in [-0.25, -0.2) is 0 Å². The summed E-state index contributed by atoms with van der Waals surface area (Å²) in [6.07, 6.45) is 7.33. The van der Waals surface area contributed by atoms with E-state index in [9.17, 15) is 0 Å². The first-order valence-electron chi connectivity index (χ1n) is 8.85. The summed E-state index contributed by atoms with van der Waals surface area (Å²) >= 11 is 2.34. The van der Waals surface area contributed by atoms with Crippen LogP contribution in [0.15, 0.2) is 60.7 Å². The van der Waals surface area contributed by atoms with Crippen LogP contribution in [0.1, 0.15) is 45.4 Å². The van der Waals surface area contributed by atoms with Gasteiger partial charge in [-0.3, -0.25) is 4.52 Å². The highest BCUT2D eigenvalue weighted by Gasteiger charge is 2.21. The van der Waals surface area contributed by atoms with E-state index in [-0.39, 0.29) is 4.11 Å². The highest BCUT2D eigenvalue weighted by molar-refractivity contribution is 14.1. The molecular weight excluding hydrogens is 446 g/mol. The fraction of sp³-hybridized carbons (Fsp3) is 0.400. The molecule has 0 spiro atoms. The topological polar surface area (TPSA) is 27.7 Å². The van der Waals surface area contributed by atoms with Crippen LogP contribution < -0.4 is 9.05 Å². The Balaban J connectivity index is 1.87. The lowest BCUT2D eigenvalue weighted by atomic mass is 10.1. The number of alkyl halides is 1. The summed E-state index contributed by atoms with van der Waals surface area (Å²) < 4.78 is 18.1. The van der Waals surface area contributed by atoms with Crippen molar-refractivity contribution < 1.29 is 13.6 Å². The van der Waals surface area contributed by atoms with Gasteiger partial charge in [-0.05, 0) is 30.7 Å².